The first-order valence-electron chi connectivity index (χ1n) is 6.62. The number of nitrogens with one attached hydrogen (secondary N) is 1. The zero-order valence-corrected chi connectivity index (χ0v) is 13.4. The van der Waals surface area contributed by atoms with Gasteiger partial charge in [0.05, 0.1) is 14.2 Å². The van der Waals surface area contributed by atoms with Crippen LogP contribution in [0.15, 0.2) is 47.6 Å². The predicted molar refractivity (Wildman–Crippen MR) is 82.5 cm³/mol. The molecule has 0 amide bonds. The number of methoxy groups -OCH3 is 2. The lowest BCUT2D eigenvalue weighted by atomic mass is 10.1. The minimum atomic E-state index is -3.73. The zero-order chi connectivity index (χ0) is 16.2. The molecule has 118 valence electrons. The van der Waals surface area contributed by atoms with Crippen LogP contribution >= 0.6 is 0 Å². The average molecular weight is 322 g/mol. The molecule has 7 heteroatoms. The van der Waals surface area contributed by atoms with E-state index in [-0.39, 0.29) is 16.7 Å². The number of benzene rings is 1. The number of hydrogen-bond donors (Lipinski definition) is 1. The van der Waals surface area contributed by atoms with E-state index in [0.717, 1.165) is 5.56 Å². The third-order valence-corrected chi connectivity index (χ3v) is 4.78. The Hall–Kier alpha value is -2.12. The van der Waals surface area contributed by atoms with Gasteiger partial charge in [0.2, 0.25) is 10.0 Å². The average Bonchev–Trinajstić information content (AvgIpc) is 2.54. The lowest BCUT2D eigenvalue weighted by Crippen LogP contribution is -2.27. The molecule has 0 aliphatic rings. The van der Waals surface area contributed by atoms with Crippen LogP contribution in [0, 0.1) is 0 Å². The Morgan fingerprint density at radius 3 is 2.36 bits per heavy atom. The Labute approximate surface area is 130 Å². The summed E-state index contributed by atoms with van der Waals surface area (Å²) in [5, 5.41) is 0. The summed E-state index contributed by atoms with van der Waals surface area (Å²) in [5.74, 6) is 0.756. The minimum absolute atomic E-state index is 0.0664. The molecule has 0 bridgehead atoms. The summed E-state index contributed by atoms with van der Waals surface area (Å²) in [6.45, 7) is 1.77. The molecule has 0 saturated heterocycles. The third kappa shape index (κ3) is 3.55. The largest absolute Gasteiger partial charge is 0.497 e. The van der Waals surface area contributed by atoms with Gasteiger partial charge in [0.25, 0.3) is 0 Å². The van der Waals surface area contributed by atoms with Crippen LogP contribution in [0.2, 0.25) is 0 Å². The lowest BCUT2D eigenvalue weighted by Gasteiger charge is -2.16. The molecular formula is C15H18N2O4S. The summed E-state index contributed by atoms with van der Waals surface area (Å²) in [6.07, 6.45) is 3.24. The van der Waals surface area contributed by atoms with Gasteiger partial charge in [0.1, 0.15) is 16.4 Å². The van der Waals surface area contributed by atoms with E-state index in [1.54, 1.807) is 37.5 Å². The second kappa shape index (κ2) is 6.76. The highest BCUT2D eigenvalue weighted by atomic mass is 32.2. The summed E-state index contributed by atoms with van der Waals surface area (Å²) >= 11 is 0. The van der Waals surface area contributed by atoms with Gasteiger partial charge in [-0.05, 0) is 36.8 Å². The second-order valence-corrected chi connectivity index (χ2v) is 6.32. The summed E-state index contributed by atoms with van der Waals surface area (Å²) in [7, 11) is -0.803. The second-order valence-electron chi connectivity index (χ2n) is 4.64. The SMILES string of the molecule is COc1ccc(S(=O)(=O)N[C@@H](C)c2ccncc2)c(OC)c1. The van der Waals surface area contributed by atoms with E-state index in [0.29, 0.717) is 5.75 Å². The predicted octanol–water partition coefficient (Wildman–Crippen LogP) is 2.14. The van der Waals surface area contributed by atoms with Crippen LogP contribution in [-0.2, 0) is 10.0 Å². The molecule has 0 unspecified atom stereocenters. The van der Waals surface area contributed by atoms with E-state index < -0.39 is 10.0 Å². The van der Waals surface area contributed by atoms with Gasteiger partial charge in [-0.2, -0.15) is 0 Å². The van der Waals surface area contributed by atoms with Crippen molar-refractivity contribution in [2.45, 2.75) is 17.9 Å². The van der Waals surface area contributed by atoms with E-state index in [9.17, 15) is 8.42 Å². The first-order valence-corrected chi connectivity index (χ1v) is 8.10. The Bertz CT molecular complexity index is 732. The molecule has 0 spiro atoms. The fraction of sp³-hybridized carbons (Fsp3) is 0.267. The number of ether oxygens (including phenoxy) is 2. The van der Waals surface area contributed by atoms with E-state index in [4.69, 9.17) is 9.47 Å². The van der Waals surface area contributed by atoms with Crippen molar-refractivity contribution >= 4 is 10.0 Å². The van der Waals surface area contributed by atoms with Crippen molar-refractivity contribution in [3.8, 4) is 11.5 Å². The molecular weight excluding hydrogens is 304 g/mol. The first kappa shape index (κ1) is 16.3. The third-order valence-electron chi connectivity index (χ3n) is 3.20. The molecule has 2 aromatic rings. The van der Waals surface area contributed by atoms with E-state index in [1.165, 1.54) is 26.4 Å². The summed E-state index contributed by atoms with van der Waals surface area (Å²) in [5.41, 5.74) is 0.825. The van der Waals surface area contributed by atoms with Gasteiger partial charge in [0.15, 0.2) is 0 Å². The monoisotopic (exact) mass is 322 g/mol. The highest BCUT2D eigenvalue weighted by molar-refractivity contribution is 7.89. The lowest BCUT2D eigenvalue weighted by molar-refractivity contribution is 0.385. The summed E-state index contributed by atoms with van der Waals surface area (Å²) in [6, 6.07) is 7.70. The molecule has 6 nitrogen and oxygen atoms in total. The zero-order valence-electron chi connectivity index (χ0n) is 12.6. The molecule has 2 rings (SSSR count). The molecule has 0 radical (unpaired) electrons. The van der Waals surface area contributed by atoms with Crippen molar-refractivity contribution < 1.29 is 17.9 Å². The molecule has 1 aromatic heterocycles. The smallest absolute Gasteiger partial charge is 0.244 e. The normalized spacial score (nSPS) is 12.7. The Morgan fingerprint density at radius 1 is 1.09 bits per heavy atom. The number of sulfonamides is 1. The van der Waals surface area contributed by atoms with Crippen LogP contribution in [0.25, 0.3) is 0 Å². The van der Waals surface area contributed by atoms with Crippen LogP contribution in [0.3, 0.4) is 0 Å². The minimum Gasteiger partial charge on any atom is -0.497 e. The van der Waals surface area contributed by atoms with E-state index in [2.05, 4.69) is 9.71 Å². The van der Waals surface area contributed by atoms with Crippen molar-refractivity contribution in [1.29, 1.82) is 0 Å². The summed E-state index contributed by atoms with van der Waals surface area (Å²) in [4.78, 5) is 3.98. The molecule has 1 heterocycles. The number of rotatable bonds is 6. The van der Waals surface area contributed by atoms with Gasteiger partial charge in [-0.25, -0.2) is 13.1 Å². The van der Waals surface area contributed by atoms with Crippen molar-refractivity contribution in [3.05, 3.63) is 48.3 Å². The van der Waals surface area contributed by atoms with Gasteiger partial charge < -0.3 is 9.47 Å². The fourth-order valence-corrected chi connectivity index (χ4v) is 3.40. The van der Waals surface area contributed by atoms with Crippen LogP contribution < -0.4 is 14.2 Å². The van der Waals surface area contributed by atoms with Crippen LogP contribution in [-0.4, -0.2) is 27.6 Å². The van der Waals surface area contributed by atoms with Crippen molar-refractivity contribution in [2.75, 3.05) is 14.2 Å². The number of aromatic nitrogens is 1. The van der Waals surface area contributed by atoms with Gasteiger partial charge >= 0.3 is 0 Å². The maximum Gasteiger partial charge on any atom is 0.244 e. The van der Waals surface area contributed by atoms with Crippen molar-refractivity contribution in [2.24, 2.45) is 0 Å². The summed E-state index contributed by atoms with van der Waals surface area (Å²) < 4.78 is 37.9. The number of hydrogen-bond acceptors (Lipinski definition) is 5. The fourth-order valence-electron chi connectivity index (χ4n) is 2.01. The molecule has 0 aliphatic carbocycles. The highest BCUT2D eigenvalue weighted by Gasteiger charge is 2.22. The van der Waals surface area contributed by atoms with Crippen LogP contribution in [0.1, 0.15) is 18.5 Å². The maximum absolute atomic E-state index is 12.5. The van der Waals surface area contributed by atoms with Crippen molar-refractivity contribution in [1.82, 2.24) is 9.71 Å². The molecule has 0 aliphatic heterocycles. The van der Waals surface area contributed by atoms with E-state index in [1.807, 2.05) is 0 Å². The highest BCUT2D eigenvalue weighted by Crippen LogP contribution is 2.29. The van der Waals surface area contributed by atoms with Crippen molar-refractivity contribution in [3.63, 3.8) is 0 Å². The molecule has 1 N–H and O–H groups in total. The van der Waals surface area contributed by atoms with Gasteiger partial charge in [-0.1, -0.05) is 0 Å². The number of nitrogens with zero attached hydrogens (tertiary/aromatic N) is 1. The first-order chi connectivity index (χ1) is 10.5. The maximum atomic E-state index is 12.5. The Balaban J connectivity index is 2.31. The molecule has 1 aromatic carbocycles. The molecule has 0 fully saturated rings. The van der Waals surface area contributed by atoms with Crippen LogP contribution in [0.4, 0.5) is 0 Å². The quantitative estimate of drug-likeness (QED) is 0.881. The van der Waals surface area contributed by atoms with Gasteiger partial charge in [0, 0.05) is 24.5 Å². The Morgan fingerprint density at radius 2 is 1.77 bits per heavy atom. The van der Waals surface area contributed by atoms with Gasteiger partial charge in [-0.3, -0.25) is 4.98 Å². The topological polar surface area (TPSA) is 77.5 Å². The van der Waals surface area contributed by atoms with Gasteiger partial charge in [-0.15, -0.1) is 0 Å². The molecule has 1 atom stereocenters. The van der Waals surface area contributed by atoms with Crippen LogP contribution in [0.5, 0.6) is 11.5 Å². The standard InChI is InChI=1S/C15H18N2O4S/c1-11(12-6-8-16-9-7-12)17-22(18,19)15-5-4-13(20-2)10-14(15)21-3/h4-11,17H,1-3H3/t11-/m0/s1. The molecule has 22 heavy (non-hydrogen) atoms. The molecule has 0 saturated carbocycles. The Kier molecular flexibility index (Phi) is 4.99. The number of pyridine rings is 1. The van der Waals surface area contributed by atoms with E-state index >= 15 is 0 Å².